The van der Waals surface area contributed by atoms with Crippen LogP contribution in [0.3, 0.4) is 0 Å². The first-order chi connectivity index (χ1) is 6.09. The van der Waals surface area contributed by atoms with Crippen LogP contribution in [0, 0.1) is 0 Å². The Bertz CT molecular complexity index is 360. The molecule has 0 bridgehead atoms. The molecule has 6 heteroatoms. The van der Waals surface area contributed by atoms with Crippen LogP contribution < -0.4 is 10.5 Å². The maximum absolute atomic E-state index is 10.8. The highest BCUT2D eigenvalue weighted by Gasteiger charge is 2.06. The van der Waals surface area contributed by atoms with Gasteiger partial charge in [-0.15, -0.1) is 0 Å². The number of carboxylic acid groups (broad SMARTS) is 1. The Hall–Kier alpha value is -1.85. The van der Waals surface area contributed by atoms with Crippen molar-refractivity contribution in [3.63, 3.8) is 0 Å². The van der Waals surface area contributed by atoms with Gasteiger partial charge in [-0.1, -0.05) is 0 Å². The molecule has 0 unspecified atom stereocenters. The highest BCUT2D eigenvalue weighted by molar-refractivity contribution is 5.72. The fourth-order valence-electron chi connectivity index (χ4n) is 0.851. The van der Waals surface area contributed by atoms with Crippen molar-refractivity contribution in [3.8, 4) is 0 Å². The van der Waals surface area contributed by atoms with Crippen molar-refractivity contribution in [2.45, 2.75) is 0 Å². The summed E-state index contributed by atoms with van der Waals surface area (Å²) in [6, 6.07) is 1.24. The molecule has 1 rings (SSSR count). The van der Waals surface area contributed by atoms with E-state index in [0.717, 1.165) is 0 Å². The number of nitrogens with one attached hydrogen (secondary N) is 1. The molecule has 1 aromatic rings. The third kappa shape index (κ3) is 2.58. The van der Waals surface area contributed by atoms with Crippen LogP contribution in [0.1, 0.15) is 0 Å². The third-order valence-electron chi connectivity index (χ3n) is 1.43. The van der Waals surface area contributed by atoms with Gasteiger partial charge < -0.3 is 15.0 Å². The number of nitrogens with zero attached hydrogens (tertiary/aromatic N) is 2. The number of aliphatic carboxylic acids is 1. The number of anilines is 1. The molecule has 2 N–H and O–H groups in total. The van der Waals surface area contributed by atoms with Crippen LogP contribution in [0.25, 0.3) is 0 Å². The highest BCUT2D eigenvalue weighted by Crippen LogP contribution is 2.01. The molecule has 0 saturated carbocycles. The molecule has 6 nitrogen and oxygen atoms in total. The van der Waals surface area contributed by atoms with E-state index < -0.39 is 5.97 Å². The second-order valence-electron chi connectivity index (χ2n) is 2.52. The largest absolute Gasteiger partial charge is 0.480 e. The highest BCUT2D eigenvalue weighted by atomic mass is 16.4. The Kier molecular flexibility index (Phi) is 2.63. The normalized spacial score (nSPS) is 9.62. The maximum atomic E-state index is 10.8. The van der Waals surface area contributed by atoms with Crippen molar-refractivity contribution in [3.05, 3.63) is 22.7 Å². The van der Waals surface area contributed by atoms with E-state index in [1.165, 1.54) is 17.3 Å². The molecular weight excluding hydrogens is 174 g/mol. The standard InChI is InChI=1S/C7H9N3O3/c1-10(3-7(12)13)5-2-6(11)9-4-8-5/h2,4H,3H2,1H3,(H,12,13)(H,8,9,11). The Morgan fingerprint density at radius 1 is 1.77 bits per heavy atom. The van der Waals surface area contributed by atoms with E-state index in [0.29, 0.717) is 5.82 Å². The fraction of sp³-hybridized carbons (Fsp3) is 0.286. The first-order valence-corrected chi connectivity index (χ1v) is 3.57. The van der Waals surface area contributed by atoms with Gasteiger partial charge in [0, 0.05) is 13.1 Å². The third-order valence-corrected chi connectivity index (χ3v) is 1.43. The zero-order chi connectivity index (χ0) is 9.84. The molecule has 0 spiro atoms. The molecule has 1 heterocycles. The van der Waals surface area contributed by atoms with Crippen molar-refractivity contribution < 1.29 is 9.90 Å². The fourth-order valence-corrected chi connectivity index (χ4v) is 0.851. The number of aromatic amines is 1. The molecule has 0 aliphatic carbocycles. The Morgan fingerprint density at radius 3 is 3.00 bits per heavy atom. The van der Waals surface area contributed by atoms with E-state index >= 15 is 0 Å². The summed E-state index contributed by atoms with van der Waals surface area (Å²) in [6.45, 7) is -0.184. The van der Waals surface area contributed by atoms with Gasteiger partial charge in [0.2, 0.25) is 0 Å². The summed E-state index contributed by atoms with van der Waals surface area (Å²) < 4.78 is 0. The van der Waals surface area contributed by atoms with Gasteiger partial charge in [-0.3, -0.25) is 9.59 Å². The minimum Gasteiger partial charge on any atom is -0.480 e. The predicted octanol–water partition coefficient (Wildman–Crippen LogP) is -0.709. The Balaban J connectivity index is 2.82. The van der Waals surface area contributed by atoms with Gasteiger partial charge in [-0.2, -0.15) is 0 Å². The van der Waals surface area contributed by atoms with Crippen molar-refractivity contribution >= 4 is 11.8 Å². The molecule has 1 aromatic heterocycles. The summed E-state index contributed by atoms with van der Waals surface area (Å²) in [5, 5.41) is 8.46. The smallest absolute Gasteiger partial charge is 0.323 e. The van der Waals surface area contributed by atoms with Gasteiger partial charge in [-0.05, 0) is 0 Å². The van der Waals surface area contributed by atoms with Crippen LogP contribution in [0.15, 0.2) is 17.2 Å². The summed E-state index contributed by atoms with van der Waals surface area (Å²) in [5.74, 6) is -0.629. The van der Waals surface area contributed by atoms with E-state index in [1.807, 2.05) is 0 Å². The average molecular weight is 183 g/mol. The molecule has 0 atom stereocenters. The average Bonchev–Trinajstić information content (AvgIpc) is 2.03. The van der Waals surface area contributed by atoms with Crippen LogP contribution in [0.4, 0.5) is 5.82 Å². The van der Waals surface area contributed by atoms with Crippen molar-refractivity contribution in [2.24, 2.45) is 0 Å². The topological polar surface area (TPSA) is 86.3 Å². The molecule has 0 aliphatic heterocycles. The van der Waals surface area contributed by atoms with Crippen LogP contribution in [-0.4, -0.2) is 34.6 Å². The van der Waals surface area contributed by atoms with Crippen LogP contribution in [0.5, 0.6) is 0 Å². The molecule has 0 aliphatic rings. The number of carbonyl (C=O) groups is 1. The van der Waals surface area contributed by atoms with Gasteiger partial charge in [0.25, 0.3) is 5.56 Å². The quantitative estimate of drug-likeness (QED) is 0.646. The lowest BCUT2D eigenvalue weighted by molar-refractivity contribution is -0.135. The van der Waals surface area contributed by atoms with E-state index in [-0.39, 0.29) is 12.1 Å². The van der Waals surface area contributed by atoms with Crippen LogP contribution >= 0.6 is 0 Å². The van der Waals surface area contributed by atoms with Gasteiger partial charge >= 0.3 is 5.97 Å². The summed E-state index contributed by atoms with van der Waals surface area (Å²) in [5.41, 5.74) is -0.303. The summed E-state index contributed by atoms with van der Waals surface area (Å²) >= 11 is 0. The van der Waals surface area contributed by atoms with Gasteiger partial charge in [0.05, 0.1) is 6.33 Å². The van der Waals surface area contributed by atoms with Crippen molar-refractivity contribution in [1.29, 1.82) is 0 Å². The molecule has 0 amide bonds. The van der Waals surface area contributed by atoms with Crippen molar-refractivity contribution in [2.75, 3.05) is 18.5 Å². The number of aromatic nitrogens is 2. The SMILES string of the molecule is CN(CC(=O)O)c1cc(=O)[nH]cn1. The van der Waals surface area contributed by atoms with Crippen LogP contribution in [0.2, 0.25) is 0 Å². The van der Waals surface area contributed by atoms with E-state index in [9.17, 15) is 9.59 Å². The van der Waals surface area contributed by atoms with E-state index in [2.05, 4.69) is 9.97 Å². The zero-order valence-electron chi connectivity index (χ0n) is 7.02. The molecule has 0 radical (unpaired) electrons. The Labute approximate surface area is 73.8 Å². The predicted molar refractivity (Wildman–Crippen MR) is 45.8 cm³/mol. The number of likely N-dealkylation sites (N-methyl/N-ethyl adjacent to an activating group) is 1. The first kappa shape index (κ1) is 9.24. The van der Waals surface area contributed by atoms with Crippen LogP contribution in [-0.2, 0) is 4.79 Å². The van der Waals surface area contributed by atoms with E-state index in [4.69, 9.17) is 5.11 Å². The number of carboxylic acids is 1. The van der Waals surface area contributed by atoms with Gasteiger partial charge in [-0.25, -0.2) is 4.98 Å². The molecule has 0 saturated heterocycles. The minimum atomic E-state index is -0.968. The van der Waals surface area contributed by atoms with Gasteiger partial charge in [0.1, 0.15) is 12.4 Å². The molecule has 0 fully saturated rings. The van der Waals surface area contributed by atoms with E-state index in [1.54, 1.807) is 7.05 Å². The minimum absolute atomic E-state index is 0.184. The second kappa shape index (κ2) is 3.70. The number of hydrogen-bond acceptors (Lipinski definition) is 4. The maximum Gasteiger partial charge on any atom is 0.323 e. The summed E-state index contributed by atoms with van der Waals surface area (Å²) in [7, 11) is 1.55. The number of rotatable bonds is 3. The first-order valence-electron chi connectivity index (χ1n) is 3.57. The van der Waals surface area contributed by atoms with Crippen molar-refractivity contribution in [1.82, 2.24) is 9.97 Å². The monoisotopic (exact) mass is 183 g/mol. The number of hydrogen-bond donors (Lipinski definition) is 2. The zero-order valence-corrected chi connectivity index (χ0v) is 7.02. The molecule has 13 heavy (non-hydrogen) atoms. The lowest BCUT2D eigenvalue weighted by Crippen LogP contribution is -2.27. The number of H-pyrrole nitrogens is 1. The lowest BCUT2D eigenvalue weighted by atomic mass is 10.5. The Morgan fingerprint density at radius 2 is 2.46 bits per heavy atom. The molecular formula is C7H9N3O3. The molecule has 70 valence electrons. The second-order valence-corrected chi connectivity index (χ2v) is 2.52. The summed E-state index contributed by atoms with van der Waals surface area (Å²) in [4.78, 5) is 28.6. The lowest BCUT2D eigenvalue weighted by Gasteiger charge is -2.13. The van der Waals surface area contributed by atoms with Gasteiger partial charge in [0.15, 0.2) is 0 Å². The summed E-state index contributed by atoms with van der Waals surface area (Å²) in [6.07, 6.45) is 1.23. The molecule has 0 aromatic carbocycles.